The number of benzene rings is 1. The number of aromatic nitrogens is 1. The first-order chi connectivity index (χ1) is 15.5. The van der Waals surface area contributed by atoms with Crippen LogP contribution in [0.2, 0.25) is 0 Å². The maximum absolute atomic E-state index is 13.2. The molecule has 10 heteroatoms. The van der Waals surface area contributed by atoms with Crippen molar-refractivity contribution in [1.82, 2.24) is 15.2 Å². The summed E-state index contributed by atoms with van der Waals surface area (Å²) in [6.45, 7) is 8.14. The Bertz CT molecular complexity index is 1130. The number of nitrogens with zero attached hydrogens (tertiary/aromatic N) is 2. The molecule has 1 aliphatic heterocycles. The van der Waals surface area contributed by atoms with E-state index in [9.17, 15) is 14.7 Å². The van der Waals surface area contributed by atoms with Crippen LogP contribution in [-0.2, 0) is 12.0 Å². The van der Waals surface area contributed by atoms with Gasteiger partial charge in [0.25, 0.3) is 5.91 Å². The maximum atomic E-state index is 13.2. The molecule has 1 aliphatic rings. The first kappa shape index (κ1) is 26.9. The van der Waals surface area contributed by atoms with Gasteiger partial charge in [-0.15, -0.1) is 12.4 Å². The van der Waals surface area contributed by atoms with Crippen LogP contribution in [0.3, 0.4) is 0 Å². The number of phenols is 1. The minimum atomic E-state index is -0.403. The van der Waals surface area contributed by atoms with E-state index >= 15 is 0 Å². The molecule has 0 radical (unpaired) electrons. The van der Waals surface area contributed by atoms with Crippen LogP contribution < -0.4 is 14.8 Å². The van der Waals surface area contributed by atoms with Gasteiger partial charge in [0, 0.05) is 23.7 Å². The Labute approximate surface area is 205 Å². The van der Waals surface area contributed by atoms with Crippen molar-refractivity contribution in [2.45, 2.75) is 39.7 Å². The average Bonchev–Trinajstić information content (AvgIpc) is 3.06. The minimum Gasteiger partial charge on any atom is -0.504 e. The molecule has 3 N–H and O–H groups in total. The number of hydrogen-bond acceptors (Lipinski definition) is 7. The van der Waals surface area contributed by atoms with Gasteiger partial charge < -0.3 is 24.8 Å². The van der Waals surface area contributed by atoms with Crippen molar-refractivity contribution in [3.8, 4) is 17.4 Å². The van der Waals surface area contributed by atoms with E-state index in [4.69, 9.17) is 14.9 Å². The first-order valence-electron chi connectivity index (χ1n) is 10.7. The molecule has 9 nitrogen and oxygen atoms in total. The monoisotopic (exact) mass is 490 g/mol. The van der Waals surface area contributed by atoms with Gasteiger partial charge in [-0.05, 0) is 30.5 Å². The summed E-state index contributed by atoms with van der Waals surface area (Å²) in [5, 5.41) is 21.6. The second kappa shape index (κ2) is 10.3. The van der Waals surface area contributed by atoms with Gasteiger partial charge in [0.2, 0.25) is 5.88 Å². The zero-order chi connectivity index (χ0) is 24.5. The van der Waals surface area contributed by atoms with Crippen molar-refractivity contribution in [2.75, 3.05) is 27.3 Å². The topological polar surface area (TPSA) is 125 Å². The van der Waals surface area contributed by atoms with E-state index in [-0.39, 0.29) is 66.0 Å². The molecule has 0 spiro atoms. The van der Waals surface area contributed by atoms with Crippen LogP contribution in [-0.4, -0.2) is 59.8 Å². The summed E-state index contributed by atoms with van der Waals surface area (Å²) >= 11 is 0. The molecule has 184 valence electrons. The quantitative estimate of drug-likeness (QED) is 0.508. The number of aromatic hydroxyl groups is 1. The van der Waals surface area contributed by atoms with Crippen LogP contribution >= 0.6 is 12.4 Å². The molecule has 1 aromatic carbocycles. The highest BCUT2D eigenvalue weighted by molar-refractivity contribution is 6.07. The first-order valence-corrected chi connectivity index (χ1v) is 10.7. The number of amidine groups is 1. The molecule has 0 unspecified atom stereocenters. The van der Waals surface area contributed by atoms with E-state index in [2.05, 4.69) is 10.3 Å². The molecule has 0 saturated carbocycles. The standard InChI is InChI=1S/C24H30N4O5.ClH/c1-7-33-23-15(22(31)26-5)10-14-17(27-23)11-28(21(14)25)12-18(29)13-8-16(24(2,3)4)20(30)19(9-13)32-6;/h8-10,25,30H,7,11-12H2,1-6H3,(H,26,31);1H. The van der Waals surface area contributed by atoms with Crippen LogP contribution in [0.1, 0.15) is 65.2 Å². The van der Waals surface area contributed by atoms with Crippen molar-refractivity contribution in [3.63, 3.8) is 0 Å². The largest absolute Gasteiger partial charge is 0.504 e. The van der Waals surface area contributed by atoms with E-state index in [1.165, 1.54) is 20.2 Å². The lowest BCUT2D eigenvalue weighted by atomic mass is 9.84. The van der Waals surface area contributed by atoms with E-state index in [0.29, 0.717) is 29.0 Å². The van der Waals surface area contributed by atoms with E-state index in [0.717, 1.165) is 0 Å². The third-order valence-electron chi connectivity index (χ3n) is 5.49. The number of nitrogens with one attached hydrogen (secondary N) is 2. The number of fused-ring (bicyclic) bond motifs is 1. The third-order valence-corrected chi connectivity index (χ3v) is 5.49. The van der Waals surface area contributed by atoms with Gasteiger partial charge in [-0.25, -0.2) is 4.98 Å². The lowest BCUT2D eigenvalue weighted by molar-refractivity contribution is 0.0952. The molecule has 0 atom stereocenters. The van der Waals surface area contributed by atoms with Gasteiger partial charge in [0.05, 0.1) is 32.5 Å². The number of methoxy groups -OCH3 is 1. The normalized spacial score (nSPS) is 12.6. The number of amides is 1. The fourth-order valence-electron chi connectivity index (χ4n) is 3.73. The lowest BCUT2D eigenvalue weighted by Crippen LogP contribution is -2.30. The summed E-state index contributed by atoms with van der Waals surface area (Å²) in [6, 6.07) is 4.76. The third kappa shape index (κ3) is 5.09. The fraction of sp³-hybridized carbons (Fsp3) is 0.417. The summed E-state index contributed by atoms with van der Waals surface area (Å²) in [5.74, 6) is -0.0357. The van der Waals surface area contributed by atoms with Crippen LogP contribution in [0, 0.1) is 5.41 Å². The van der Waals surface area contributed by atoms with Crippen LogP contribution in [0.5, 0.6) is 17.4 Å². The van der Waals surface area contributed by atoms with Gasteiger partial charge in [0.1, 0.15) is 11.4 Å². The molecule has 2 aromatic rings. The smallest absolute Gasteiger partial charge is 0.256 e. The zero-order valence-electron chi connectivity index (χ0n) is 20.2. The van der Waals surface area contributed by atoms with E-state index < -0.39 is 5.41 Å². The number of rotatable bonds is 7. The highest BCUT2D eigenvalue weighted by Gasteiger charge is 2.31. The molecule has 0 aliphatic carbocycles. The van der Waals surface area contributed by atoms with Gasteiger partial charge in [-0.3, -0.25) is 15.0 Å². The summed E-state index contributed by atoms with van der Waals surface area (Å²) in [5.41, 5.74) is 1.89. The van der Waals surface area contributed by atoms with Gasteiger partial charge in [-0.1, -0.05) is 20.8 Å². The minimum absolute atomic E-state index is 0. The number of carbonyl (C=O) groups excluding carboxylic acids is 2. The number of ketones is 1. The van der Waals surface area contributed by atoms with E-state index in [1.54, 1.807) is 24.0 Å². The van der Waals surface area contributed by atoms with Crippen molar-refractivity contribution >= 4 is 29.9 Å². The number of pyridine rings is 1. The number of phenolic OH excluding ortho intramolecular Hbond substituents is 1. The lowest BCUT2D eigenvalue weighted by Gasteiger charge is -2.23. The van der Waals surface area contributed by atoms with Crippen LogP contribution in [0.15, 0.2) is 18.2 Å². The summed E-state index contributed by atoms with van der Waals surface area (Å²) in [7, 11) is 2.95. The summed E-state index contributed by atoms with van der Waals surface area (Å²) in [6.07, 6.45) is 0. The van der Waals surface area contributed by atoms with Crippen LogP contribution in [0.4, 0.5) is 0 Å². The summed E-state index contributed by atoms with van der Waals surface area (Å²) in [4.78, 5) is 31.5. The number of ether oxygens (including phenoxy) is 2. The Hall–Kier alpha value is -3.33. The van der Waals surface area contributed by atoms with Crippen molar-refractivity contribution in [3.05, 3.63) is 46.1 Å². The Balaban J connectivity index is 0.00000408. The van der Waals surface area contributed by atoms with Crippen molar-refractivity contribution in [2.24, 2.45) is 0 Å². The molecular weight excluding hydrogens is 460 g/mol. The zero-order valence-corrected chi connectivity index (χ0v) is 21.1. The Morgan fingerprint density at radius 2 is 1.94 bits per heavy atom. The Morgan fingerprint density at radius 1 is 1.26 bits per heavy atom. The predicted octanol–water partition coefficient (Wildman–Crippen LogP) is 3.30. The Kier molecular flexibility index (Phi) is 8.15. The molecule has 0 bridgehead atoms. The molecule has 0 saturated heterocycles. The molecule has 0 fully saturated rings. The molecule has 3 rings (SSSR count). The molecule has 1 amide bonds. The number of hydrogen-bond donors (Lipinski definition) is 3. The predicted molar refractivity (Wildman–Crippen MR) is 131 cm³/mol. The van der Waals surface area contributed by atoms with Gasteiger partial charge in [-0.2, -0.15) is 0 Å². The van der Waals surface area contributed by atoms with Gasteiger partial charge >= 0.3 is 0 Å². The molecule has 2 heterocycles. The molecule has 1 aromatic heterocycles. The number of halogens is 1. The molecule has 34 heavy (non-hydrogen) atoms. The highest BCUT2D eigenvalue weighted by atomic mass is 35.5. The summed E-state index contributed by atoms with van der Waals surface area (Å²) < 4.78 is 10.8. The van der Waals surface area contributed by atoms with Gasteiger partial charge in [0.15, 0.2) is 17.3 Å². The van der Waals surface area contributed by atoms with Crippen molar-refractivity contribution in [1.29, 1.82) is 5.41 Å². The highest BCUT2D eigenvalue weighted by Crippen LogP contribution is 2.39. The SMILES string of the molecule is CCOc1nc2c(cc1C(=O)NC)C(=N)N(CC(=O)c1cc(OC)c(O)c(C(C)(C)C)c1)C2.Cl. The van der Waals surface area contributed by atoms with Crippen molar-refractivity contribution < 1.29 is 24.2 Å². The second-order valence-electron chi connectivity index (χ2n) is 8.80. The maximum Gasteiger partial charge on any atom is 0.256 e. The fourth-order valence-corrected chi connectivity index (χ4v) is 3.73. The Morgan fingerprint density at radius 3 is 2.50 bits per heavy atom. The van der Waals surface area contributed by atoms with E-state index in [1.807, 2.05) is 20.8 Å². The van der Waals surface area contributed by atoms with Crippen LogP contribution in [0.25, 0.3) is 0 Å². The molecular formula is C24H31ClN4O5. The average molecular weight is 491 g/mol. The number of carbonyl (C=O) groups is 2. The number of Topliss-reactive ketones (excluding diaryl/α,β-unsaturated/α-hetero) is 1. The second-order valence-corrected chi connectivity index (χ2v) is 8.80.